The summed E-state index contributed by atoms with van der Waals surface area (Å²) in [5.74, 6) is 1.77. The highest BCUT2D eigenvalue weighted by atomic mass is 32.2. The lowest BCUT2D eigenvalue weighted by molar-refractivity contribution is -0.123. The Morgan fingerprint density at radius 3 is 2.45 bits per heavy atom. The van der Waals surface area contributed by atoms with Gasteiger partial charge in [0, 0.05) is 18.3 Å². The van der Waals surface area contributed by atoms with E-state index in [4.69, 9.17) is 9.47 Å². The zero-order valence-electron chi connectivity index (χ0n) is 17.7. The first-order valence-corrected chi connectivity index (χ1v) is 12.4. The summed E-state index contributed by atoms with van der Waals surface area (Å²) in [4.78, 5) is 16.9. The van der Waals surface area contributed by atoms with Gasteiger partial charge in [-0.1, -0.05) is 32.0 Å². The van der Waals surface area contributed by atoms with Gasteiger partial charge in [-0.05, 0) is 41.3 Å². The van der Waals surface area contributed by atoms with E-state index in [2.05, 4.69) is 13.8 Å². The van der Waals surface area contributed by atoms with E-state index in [0.717, 1.165) is 11.3 Å². The molecule has 0 aromatic heterocycles. The molecular weight excluding hydrogens is 416 g/mol. The van der Waals surface area contributed by atoms with Crippen molar-refractivity contribution >= 4 is 21.4 Å². The van der Waals surface area contributed by atoms with Crippen molar-refractivity contribution in [2.45, 2.75) is 38.4 Å². The van der Waals surface area contributed by atoms with Crippen LogP contribution in [0, 0.1) is 0 Å². The number of carbonyl (C=O) groups excluding carboxylic acids is 1. The number of sulfone groups is 1. The molecule has 2 fully saturated rings. The number of fused-ring (bicyclic) bond motifs is 2. The zero-order chi connectivity index (χ0) is 21.8. The summed E-state index contributed by atoms with van der Waals surface area (Å²) in [6.07, 6.45) is 0. The van der Waals surface area contributed by atoms with Crippen LogP contribution in [0.2, 0.25) is 0 Å². The molecule has 0 aliphatic carbocycles. The van der Waals surface area contributed by atoms with Crippen molar-refractivity contribution in [3.8, 4) is 11.5 Å². The van der Waals surface area contributed by atoms with E-state index in [1.165, 1.54) is 5.56 Å². The summed E-state index contributed by atoms with van der Waals surface area (Å²) in [6, 6.07) is 13.0. The molecule has 0 N–H and O–H groups in total. The van der Waals surface area contributed by atoms with Gasteiger partial charge < -0.3 is 14.4 Å². The molecule has 3 heterocycles. The fourth-order valence-corrected chi connectivity index (χ4v) is 6.74. The summed E-state index contributed by atoms with van der Waals surface area (Å²) >= 11 is 0. The second-order valence-corrected chi connectivity index (χ2v) is 11.0. The van der Waals surface area contributed by atoms with Crippen LogP contribution in [0.4, 0.5) is 5.69 Å². The number of ether oxygens (including phenoxy) is 2. The van der Waals surface area contributed by atoms with Crippen molar-refractivity contribution in [3.63, 3.8) is 0 Å². The van der Waals surface area contributed by atoms with E-state index in [-0.39, 0.29) is 42.8 Å². The lowest BCUT2D eigenvalue weighted by Crippen LogP contribution is -2.61. The zero-order valence-corrected chi connectivity index (χ0v) is 18.5. The van der Waals surface area contributed by atoms with Crippen LogP contribution in [0.1, 0.15) is 30.9 Å². The molecule has 0 unspecified atom stereocenters. The van der Waals surface area contributed by atoms with E-state index in [1.807, 2.05) is 47.4 Å². The molecule has 8 heteroatoms. The minimum absolute atomic E-state index is 0.00697. The van der Waals surface area contributed by atoms with Crippen LogP contribution in [0.15, 0.2) is 42.5 Å². The number of nitrogens with zero attached hydrogens (tertiary/aromatic N) is 2. The van der Waals surface area contributed by atoms with Gasteiger partial charge in [0.05, 0.1) is 24.1 Å². The second kappa shape index (κ2) is 7.53. The number of rotatable bonds is 4. The van der Waals surface area contributed by atoms with Crippen LogP contribution in [0.25, 0.3) is 0 Å². The third kappa shape index (κ3) is 3.78. The van der Waals surface area contributed by atoms with Crippen LogP contribution in [-0.2, 0) is 21.2 Å². The fraction of sp³-hybridized carbons (Fsp3) is 0.435. The van der Waals surface area contributed by atoms with Gasteiger partial charge in [-0.3, -0.25) is 9.69 Å². The number of anilines is 1. The average molecular weight is 443 g/mol. The maximum atomic E-state index is 13.2. The van der Waals surface area contributed by atoms with Gasteiger partial charge in [0.2, 0.25) is 12.7 Å². The quantitative estimate of drug-likeness (QED) is 0.724. The highest BCUT2D eigenvalue weighted by Gasteiger charge is 2.49. The molecule has 3 aliphatic heterocycles. The highest BCUT2D eigenvalue weighted by molar-refractivity contribution is 7.91. The van der Waals surface area contributed by atoms with Gasteiger partial charge in [0.15, 0.2) is 21.3 Å². The monoisotopic (exact) mass is 442 g/mol. The van der Waals surface area contributed by atoms with Crippen LogP contribution >= 0.6 is 0 Å². The highest BCUT2D eigenvalue weighted by Crippen LogP contribution is 2.36. The van der Waals surface area contributed by atoms with E-state index in [9.17, 15) is 13.2 Å². The molecule has 1 amide bonds. The fourth-order valence-electron chi connectivity index (χ4n) is 4.76. The predicted octanol–water partition coefficient (Wildman–Crippen LogP) is 2.55. The molecule has 5 rings (SSSR count). The number of piperazine rings is 1. The van der Waals surface area contributed by atoms with Crippen molar-refractivity contribution in [1.29, 1.82) is 0 Å². The minimum Gasteiger partial charge on any atom is -0.454 e. The Morgan fingerprint density at radius 1 is 1.00 bits per heavy atom. The van der Waals surface area contributed by atoms with Crippen molar-refractivity contribution in [1.82, 2.24) is 4.90 Å². The Hall–Kier alpha value is -2.58. The smallest absolute Gasteiger partial charge is 0.241 e. The van der Waals surface area contributed by atoms with Crippen molar-refractivity contribution in [2.75, 3.05) is 29.7 Å². The molecule has 0 radical (unpaired) electrons. The van der Waals surface area contributed by atoms with Crippen LogP contribution < -0.4 is 14.4 Å². The first kappa shape index (κ1) is 20.3. The standard InChI is InChI=1S/C23H26N2O5S/c1-15(2)17-4-6-18(7-5-17)25-20-13-31(27,28)12-19(20)24(11-23(25)26)10-16-3-8-21-22(9-16)30-14-29-21/h3-9,15,19-20H,10-14H2,1-2H3/t19-,20+/m0/s1. The first-order valence-electron chi connectivity index (χ1n) is 10.6. The Bertz CT molecular complexity index is 1110. The van der Waals surface area contributed by atoms with Gasteiger partial charge in [-0.2, -0.15) is 0 Å². The largest absolute Gasteiger partial charge is 0.454 e. The van der Waals surface area contributed by atoms with Crippen LogP contribution in [-0.4, -0.2) is 56.2 Å². The number of hydrogen-bond acceptors (Lipinski definition) is 6. The van der Waals surface area contributed by atoms with Gasteiger partial charge in [0.25, 0.3) is 0 Å². The van der Waals surface area contributed by atoms with E-state index in [0.29, 0.717) is 24.0 Å². The lowest BCUT2D eigenvalue weighted by atomic mass is 9.99. The molecule has 0 saturated carbocycles. The third-order valence-electron chi connectivity index (χ3n) is 6.36. The Morgan fingerprint density at radius 2 is 1.71 bits per heavy atom. The van der Waals surface area contributed by atoms with Crippen LogP contribution in [0.3, 0.4) is 0 Å². The molecule has 2 aromatic rings. The maximum Gasteiger partial charge on any atom is 0.241 e. The summed E-state index contributed by atoms with van der Waals surface area (Å²) in [6.45, 7) is 5.11. The molecule has 2 atom stereocenters. The SMILES string of the molecule is CC(C)c1ccc(N2C(=O)CN(Cc3ccc4c(c3)OCO4)[C@H]3CS(=O)(=O)C[C@H]32)cc1. The summed E-state index contributed by atoms with van der Waals surface area (Å²) in [7, 11) is -3.23. The van der Waals surface area contributed by atoms with E-state index < -0.39 is 9.84 Å². The predicted molar refractivity (Wildman–Crippen MR) is 117 cm³/mol. The first-order chi connectivity index (χ1) is 14.8. The molecule has 31 heavy (non-hydrogen) atoms. The minimum atomic E-state index is -3.23. The average Bonchev–Trinajstić information content (AvgIpc) is 3.31. The number of hydrogen-bond donors (Lipinski definition) is 0. The van der Waals surface area contributed by atoms with Crippen LogP contribution in [0.5, 0.6) is 11.5 Å². The Kier molecular flexibility index (Phi) is 4.94. The number of benzene rings is 2. The summed E-state index contributed by atoms with van der Waals surface area (Å²) in [5, 5.41) is 0. The van der Waals surface area contributed by atoms with Gasteiger partial charge >= 0.3 is 0 Å². The molecular formula is C23H26N2O5S. The van der Waals surface area contributed by atoms with Crippen molar-refractivity contribution in [2.24, 2.45) is 0 Å². The molecule has 7 nitrogen and oxygen atoms in total. The molecule has 0 spiro atoms. The maximum absolute atomic E-state index is 13.2. The van der Waals surface area contributed by atoms with Crippen molar-refractivity contribution < 1.29 is 22.7 Å². The lowest BCUT2D eigenvalue weighted by Gasteiger charge is -2.43. The van der Waals surface area contributed by atoms with Gasteiger partial charge in [-0.15, -0.1) is 0 Å². The topological polar surface area (TPSA) is 76.2 Å². The molecule has 0 bridgehead atoms. The van der Waals surface area contributed by atoms with Gasteiger partial charge in [0.1, 0.15) is 0 Å². The van der Waals surface area contributed by atoms with E-state index in [1.54, 1.807) is 4.90 Å². The molecule has 2 aromatic carbocycles. The summed E-state index contributed by atoms with van der Waals surface area (Å²) < 4.78 is 36.0. The second-order valence-electron chi connectivity index (χ2n) is 8.81. The molecule has 164 valence electrons. The third-order valence-corrected chi connectivity index (χ3v) is 8.06. The van der Waals surface area contributed by atoms with Crippen molar-refractivity contribution in [3.05, 3.63) is 53.6 Å². The molecule has 2 saturated heterocycles. The Labute approximate surface area is 182 Å². The summed E-state index contributed by atoms with van der Waals surface area (Å²) in [5.41, 5.74) is 2.92. The number of amides is 1. The van der Waals surface area contributed by atoms with Gasteiger partial charge in [-0.25, -0.2) is 8.42 Å². The number of carbonyl (C=O) groups is 1. The molecule has 3 aliphatic rings. The van der Waals surface area contributed by atoms with E-state index >= 15 is 0 Å². The normalized spacial score (nSPS) is 24.6. The Balaban J connectivity index is 1.43.